The molecule has 4 rings (SSSR count). The Morgan fingerprint density at radius 1 is 1.34 bits per heavy atom. The molecule has 1 aliphatic rings. The van der Waals surface area contributed by atoms with Crippen LogP contribution in [0, 0.1) is 0 Å². The van der Waals surface area contributed by atoms with Crippen LogP contribution in [0.5, 0.6) is 0 Å². The second-order valence-electron chi connectivity index (χ2n) is 7.20. The summed E-state index contributed by atoms with van der Waals surface area (Å²) >= 11 is 1.25. The normalized spacial score (nSPS) is 17.5. The van der Waals surface area contributed by atoms with E-state index in [2.05, 4.69) is 33.7 Å². The number of aromatic nitrogens is 3. The number of aromatic amines is 1. The predicted molar refractivity (Wildman–Crippen MR) is 113 cm³/mol. The molecule has 3 aromatic rings. The van der Waals surface area contributed by atoms with Crippen molar-refractivity contribution in [2.75, 3.05) is 12.4 Å². The zero-order valence-electron chi connectivity index (χ0n) is 16.3. The molecule has 152 valence electrons. The number of hydrogen-bond donors (Lipinski definition) is 2. The summed E-state index contributed by atoms with van der Waals surface area (Å²) in [6, 6.07) is 14.1. The lowest BCUT2D eigenvalue weighted by Crippen LogP contribution is -2.29. The molecule has 2 heterocycles. The van der Waals surface area contributed by atoms with Crippen LogP contribution in [0.4, 0.5) is 0 Å². The summed E-state index contributed by atoms with van der Waals surface area (Å²) in [7, 11) is 0. The van der Waals surface area contributed by atoms with Gasteiger partial charge in [-0.1, -0.05) is 54.2 Å². The smallest absolute Gasteiger partial charge is 0.344 e. The Morgan fingerprint density at radius 3 is 3.00 bits per heavy atom. The monoisotopic (exact) mass is 412 g/mol. The number of hydrogen-bond acceptors (Lipinski definition) is 5. The van der Waals surface area contributed by atoms with Gasteiger partial charge in [0.05, 0.1) is 24.4 Å². The molecule has 0 spiro atoms. The molecule has 1 amide bonds. The van der Waals surface area contributed by atoms with Crippen LogP contribution >= 0.6 is 11.8 Å². The van der Waals surface area contributed by atoms with Gasteiger partial charge in [0.1, 0.15) is 0 Å². The van der Waals surface area contributed by atoms with E-state index < -0.39 is 0 Å². The summed E-state index contributed by atoms with van der Waals surface area (Å²) in [4.78, 5) is 24.6. The molecule has 1 saturated heterocycles. The molecule has 8 heteroatoms. The number of nitrogens with one attached hydrogen (secondary N) is 2. The third kappa shape index (κ3) is 4.54. The van der Waals surface area contributed by atoms with Crippen LogP contribution in [0.25, 0.3) is 10.8 Å². The van der Waals surface area contributed by atoms with E-state index in [9.17, 15) is 9.59 Å². The first-order chi connectivity index (χ1) is 14.1. The first-order valence-corrected chi connectivity index (χ1v) is 10.8. The van der Waals surface area contributed by atoms with Crippen molar-refractivity contribution in [3.63, 3.8) is 0 Å². The van der Waals surface area contributed by atoms with Gasteiger partial charge in [0.2, 0.25) is 5.91 Å². The van der Waals surface area contributed by atoms with Crippen LogP contribution in [0.3, 0.4) is 0 Å². The molecule has 0 aliphatic carbocycles. The van der Waals surface area contributed by atoms with E-state index in [0.717, 1.165) is 35.8 Å². The number of carbonyl (C=O) groups excluding carboxylic acids is 1. The molecule has 2 aromatic carbocycles. The molecular formula is C21H24N4O3S. The first kappa shape index (κ1) is 19.7. The van der Waals surface area contributed by atoms with Crippen molar-refractivity contribution in [1.29, 1.82) is 0 Å². The van der Waals surface area contributed by atoms with Crippen LogP contribution in [0.1, 0.15) is 31.4 Å². The predicted octanol–water partition coefficient (Wildman–Crippen LogP) is 2.87. The standard InChI is InChI=1S/C21H24N4O3S/c1-14(17-10-4-7-15-6-2-3-9-18(15)17)22-19(26)13-29-21-24-23-20(27)25(21)12-16-8-5-11-28-16/h2-4,6-7,9-10,14,16H,5,8,11-13H2,1H3,(H,22,26)(H,23,27)/t14-,16+/m0/s1. The molecule has 1 aliphatic heterocycles. The number of ether oxygens (including phenoxy) is 1. The van der Waals surface area contributed by atoms with Crippen LogP contribution in [0.2, 0.25) is 0 Å². The van der Waals surface area contributed by atoms with Gasteiger partial charge in [0.25, 0.3) is 0 Å². The van der Waals surface area contributed by atoms with Crippen LogP contribution < -0.4 is 11.0 Å². The number of amides is 1. The molecule has 1 aromatic heterocycles. The molecule has 2 N–H and O–H groups in total. The largest absolute Gasteiger partial charge is 0.376 e. The van der Waals surface area contributed by atoms with Crippen LogP contribution in [-0.2, 0) is 16.1 Å². The summed E-state index contributed by atoms with van der Waals surface area (Å²) in [6.45, 7) is 3.17. The lowest BCUT2D eigenvalue weighted by molar-refractivity contribution is -0.119. The Kier molecular flexibility index (Phi) is 6.01. The highest BCUT2D eigenvalue weighted by molar-refractivity contribution is 7.99. The second-order valence-corrected chi connectivity index (χ2v) is 8.15. The Morgan fingerprint density at radius 2 is 2.17 bits per heavy atom. The Bertz CT molecular complexity index is 1050. The summed E-state index contributed by atoms with van der Waals surface area (Å²) in [5.41, 5.74) is 0.809. The highest BCUT2D eigenvalue weighted by Crippen LogP contribution is 2.24. The van der Waals surface area contributed by atoms with Crippen molar-refractivity contribution in [2.24, 2.45) is 0 Å². The number of rotatable bonds is 7. The zero-order valence-corrected chi connectivity index (χ0v) is 17.1. The fourth-order valence-corrected chi connectivity index (χ4v) is 4.45. The van der Waals surface area contributed by atoms with E-state index in [-0.39, 0.29) is 29.5 Å². The topological polar surface area (TPSA) is 89.0 Å². The zero-order chi connectivity index (χ0) is 20.2. The number of fused-ring (bicyclic) bond motifs is 1. The van der Waals surface area contributed by atoms with Gasteiger partial charge in [-0.2, -0.15) is 0 Å². The minimum Gasteiger partial charge on any atom is -0.376 e. The maximum absolute atomic E-state index is 12.5. The fourth-order valence-electron chi connectivity index (χ4n) is 3.69. The molecule has 2 atom stereocenters. The van der Waals surface area contributed by atoms with E-state index in [4.69, 9.17) is 4.74 Å². The van der Waals surface area contributed by atoms with E-state index in [1.165, 1.54) is 11.8 Å². The van der Waals surface area contributed by atoms with Gasteiger partial charge in [-0.15, -0.1) is 5.10 Å². The van der Waals surface area contributed by atoms with E-state index >= 15 is 0 Å². The first-order valence-electron chi connectivity index (χ1n) is 9.78. The van der Waals surface area contributed by atoms with Gasteiger partial charge < -0.3 is 10.1 Å². The van der Waals surface area contributed by atoms with E-state index in [1.807, 2.05) is 31.2 Å². The molecule has 0 unspecified atom stereocenters. The maximum Gasteiger partial charge on any atom is 0.344 e. The average molecular weight is 413 g/mol. The summed E-state index contributed by atoms with van der Waals surface area (Å²) in [5.74, 6) is 0.0832. The third-order valence-electron chi connectivity index (χ3n) is 5.13. The second kappa shape index (κ2) is 8.84. The summed E-state index contributed by atoms with van der Waals surface area (Å²) < 4.78 is 7.17. The fraction of sp³-hybridized carbons (Fsp3) is 0.381. The molecule has 1 fully saturated rings. The van der Waals surface area contributed by atoms with Gasteiger partial charge in [-0.05, 0) is 36.1 Å². The average Bonchev–Trinajstić information content (AvgIpc) is 3.37. The summed E-state index contributed by atoms with van der Waals surface area (Å²) in [6.07, 6.45) is 1.98. The third-order valence-corrected chi connectivity index (χ3v) is 6.11. The lowest BCUT2D eigenvalue weighted by Gasteiger charge is -2.16. The SMILES string of the molecule is C[C@H](NC(=O)CSc1n[nH]c(=O)n1C[C@H]1CCCO1)c1cccc2ccccc12. The Balaban J connectivity index is 1.38. The van der Waals surface area contributed by atoms with E-state index in [1.54, 1.807) is 4.57 Å². The Labute approximate surface area is 172 Å². The molecule has 0 radical (unpaired) electrons. The van der Waals surface area contributed by atoms with Crippen molar-refractivity contribution >= 4 is 28.4 Å². The van der Waals surface area contributed by atoms with Crippen molar-refractivity contribution in [2.45, 2.75) is 43.6 Å². The number of thioether (sulfide) groups is 1. The molecular weight excluding hydrogens is 388 g/mol. The quantitative estimate of drug-likeness (QED) is 0.583. The highest BCUT2D eigenvalue weighted by atomic mass is 32.2. The number of carbonyl (C=O) groups is 1. The van der Waals surface area contributed by atoms with Gasteiger partial charge in [0.15, 0.2) is 5.16 Å². The van der Waals surface area contributed by atoms with Gasteiger partial charge in [-0.25, -0.2) is 9.89 Å². The van der Waals surface area contributed by atoms with Crippen LogP contribution in [0.15, 0.2) is 52.4 Å². The van der Waals surface area contributed by atoms with E-state index in [0.29, 0.717) is 11.7 Å². The van der Waals surface area contributed by atoms with Crippen molar-refractivity contribution in [1.82, 2.24) is 20.1 Å². The number of H-pyrrole nitrogens is 1. The highest BCUT2D eigenvalue weighted by Gasteiger charge is 2.20. The number of nitrogens with zero attached hydrogens (tertiary/aromatic N) is 2. The van der Waals surface area contributed by atoms with Crippen molar-refractivity contribution in [3.05, 3.63) is 58.5 Å². The molecule has 0 bridgehead atoms. The van der Waals surface area contributed by atoms with Crippen molar-refractivity contribution < 1.29 is 9.53 Å². The van der Waals surface area contributed by atoms with Crippen molar-refractivity contribution in [3.8, 4) is 0 Å². The van der Waals surface area contributed by atoms with Crippen LogP contribution in [-0.4, -0.2) is 39.1 Å². The Hall–Kier alpha value is -2.58. The minimum absolute atomic E-state index is 0.0323. The minimum atomic E-state index is -0.271. The van der Waals surface area contributed by atoms with Gasteiger partial charge in [0, 0.05) is 6.61 Å². The number of benzene rings is 2. The molecule has 7 nitrogen and oxygen atoms in total. The molecule has 0 saturated carbocycles. The molecule has 29 heavy (non-hydrogen) atoms. The van der Waals surface area contributed by atoms with Gasteiger partial charge >= 0.3 is 5.69 Å². The maximum atomic E-state index is 12.5. The van der Waals surface area contributed by atoms with Gasteiger partial charge in [-0.3, -0.25) is 9.36 Å². The summed E-state index contributed by atoms with van der Waals surface area (Å²) in [5, 5.41) is 12.4. The lowest BCUT2D eigenvalue weighted by atomic mass is 10.00.